The van der Waals surface area contributed by atoms with Crippen LogP contribution in [0.15, 0.2) is 64.0 Å². The summed E-state index contributed by atoms with van der Waals surface area (Å²) in [6.07, 6.45) is 1.43. The number of ether oxygens (including phenoxy) is 1. The van der Waals surface area contributed by atoms with E-state index in [0.29, 0.717) is 10.7 Å². The van der Waals surface area contributed by atoms with Crippen LogP contribution in [0, 0.1) is 0 Å². The van der Waals surface area contributed by atoms with Gasteiger partial charge in [0.15, 0.2) is 10.8 Å². The van der Waals surface area contributed by atoms with E-state index in [9.17, 15) is 4.79 Å². The van der Waals surface area contributed by atoms with Crippen molar-refractivity contribution in [2.45, 2.75) is 6.61 Å². The van der Waals surface area contributed by atoms with Crippen LogP contribution in [0.25, 0.3) is 5.69 Å². The van der Waals surface area contributed by atoms with Crippen molar-refractivity contribution in [2.24, 2.45) is 0 Å². The Morgan fingerprint density at radius 1 is 1.04 bits per heavy atom. The van der Waals surface area contributed by atoms with Crippen LogP contribution in [0.4, 0.5) is 0 Å². The highest BCUT2D eigenvalue weighted by Crippen LogP contribution is 2.21. The molecule has 1 aromatic heterocycles. The minimum absolute atomic E-state index is 0.0121. The van der Waals surface area contributed by atoms with Gasteiger partial charge in [0.2, 0.25) is 0 Å². The summed E-state index contributed by atoms with van der Waals surface area (Å²) in [5.41, 5.74) is 1.09. The lowest BCUT2D eigenvalue weighted by Gasteiger charge is -2.10. The lowest BCUT2D eigenvalue weighted by Crippen LogP contribution is -2.22. The van der Waals surface area contributed by atoms with Crippen molar-refractivity contribution in [3.05, 3.63) is 85.2 Å². The van der Waals surface area contributed by atoms with Crippen molar-refractivity contribution in [3.8, 4) is 11.4 Å². The van der Waals surface area contributed by atoms with E-state index < -0.39 is 5.56 Å². The molecule has 0 saturated carbocycles. The number of rotatable bonds is 4. The molecule has 0 amide bonds. The minimum atomic E-state index is -0.437. The third kappa shape index (κ3) is 3.80. The molecule has 0 N–H and O–H groups in total. The Hall–Kier alpha value is -1.82. The van der Waals surface area contributed by atoms with Crippen LogP contribution in [-0.4, -0.2) is 9.78 Å². The van der Waals surface area contributed by atoms with Gasteiger partial charge in [-0.1, -0.05) is 51.3 Å². The molecule has 2 aromatic carbocycles. The molecule has 122 valence electrons. The SMILES string of the molecule is O=c1c(Cl)c(OCc2ccc(Cl)cc2)cnn1-c1ccc(Br)cc1. The van der Waals surface area contributed by atoms with Crippen LogP contribution < -0.4 is 10.3 Å². The van der Waals surface area contributed by atoms with Crippen LogP contribution in [0.1, 0.15) is 5.56 Å². The summed E-state index contributed by atoms with van der Waals surface area (Å²) < 4.78 is 7.73. The fraction of sp³-hybridized carbons (Fsp3) is 0.0588. The second kappa shape index (κ2) is 7.38. The van der Waals surface area contributed by atoms with Gasteiger partial charge in [-0.25, -0.2) is 0 Å². The fourth-order valence-corrected chi connectivity index (χ4v) is 2.60. The van der Waals surface area contributed by atoms with Crippen LogP contribution in [0.2, 0.25) is 10.0 Å². The Bertz CT molecular complexity index is 909. The molecule has 0 bridgehead atoms. The maximum absolute atomic E-state index is 12.4. The first-order valence-electron chi connectivity index (χ1n) is 6.95. The van der Waals surface area contributed by atoms with E-state index in [-0.39, 0.29) is 17.4 Å². The number of benzene rings is 2. The summed E-state index contributed by atoms with van der Waals surface area (Å²) >= 11 is 15.3. The number of hydrogen-bond acceptors (Lipinski definition) is 3. The Morgan fingerprint density at radius 2 is 1.71 bits per heavy atom. The monoisotopic (exact) mass is 424 g/mol. The van der Waals surface area contributed by atoms with E-state index in [1.54, 1.807) is 24.3 Å². The highest BCUT2D eigenvalue weighted by molar-refractivity contribution is 9.10. The van der Waals surface area contributed by atoms with E-state index in [4.69, 9.17) is 27.9 Å². The molecule has 0 atom stereocenters. The van der Waals surface area contributed by atoms with E-state index in [1.165, 1.54) is 10.9 Å². The molecule has 0 aliphatic carbocycles. The summed E-state index contributed by atoms with van der Waals surface area (Å²) in [5, 5.41) is 4.76. The average Bonchev–Trinajstić information content (AvgIpc) is 2.59. The number of hydrogen-bond donors (Lipinski definition) is 0. The first kappa shape index (κ1) is 17.0. The van der Waals surface area contributed by atoms with Gasteiger partial charge < -0.3 is 4.74 Å². The minimum Gasteiger partial charge on any atom is -0.485 e. The first-order chi connectivity index (χ1) is 11.5. The molecule has 24 heavy (non-hydrogen) atoms. The van der Waals surface area contributed by atoms with Crippen molar-refractivity contribution < 1.29 is 4.74 Å². The van der Waals surface area contributed by atoms with Gasteiger partial charge in [0.05, 0.1) is 11.9 Å². The summed E-state index contributed by atoms with van der Waals surface area (Å²) in [6, 6.07) is 14.4. The van der Waals surface area contributed by atoms with Gasteiger partial charge in [-0.15, -0.1) is 0 Å². The molecule has 0 radical (unpaired) electrons. The maximum Gasteiger partial charge on any atom is 0.294 e. The zero-order valence-corrected chi connectivity index (χ0v) is 15.3. The molecule has 0 aliphatic heterocycles. The van der Waals surface area contributed by atoms with Crippen LogP contribution in [0.5, 0.6) is 5.75 Å². The summed E-state index contributed by atoms with van der Waals surface area (Å²) in [4.78, 5) is 12.4. The Morgan fingerprint density at radius 3 is 2.38 bits per heavy atom. The number of nitrogens with zero attached hydrogens (tertiary/aromatic N) is 2. The van der Waals surface area contributed by atoms with Gasteiger partial charge in [0.25, 0.3) is 5.56 Å². The Kier molecular flexibility index (Phi) is 5.23. The van der Waals surface area contributed by atoms with Crippen molar-refractivity contribution in [2.75, 3.05) is 0 Å². The topological polar surface area (TPSA) is 44.1 Å². The summed E-state index contributed by atoms with van der Waals surface area (Å²) in [6.45, 7) is 0.264. The van der Waals surface area contributed by atoms with Crippen LogP contribution in [-0.2, 0) is 6.61 Å². The molecule has 0 unspecified atom stereocenters. The van der Waals surface area contributed by atoms with Gasteiger partial charge in [0.1, 0.15) is 6.61 Å². The molecule has 3 aromatic rings. The normalized spacial score (nSPS) is 10.6. The predicted octanol–water partition coefficient (Wildman–Crippen LogP) is 4.88. The summed E-state index contributed by atoms with van der Waals surface area (Å²) in [5.74, 6) is 0.241. The van der Waals surface area contributed by atoms with Crippen molar-refractivity contribution >= 4 is 39.1 Å². The molecule has 0 saturated heterocycles. The van der Waals surface area contributed by atoms with Crippen LogP contribution in [0.3, 0.4) is 0 Å². The van der Waals surface area contributed by atoms with Crippen molar-refractivity contribution in [1.82, 2.24) is 9.78 Å². The molecule has 1 heterocycles. The molecular weight excluding hydrogens is 415 g/mol. The highest BCUT2D eigenvalue weighted by atomic mass is 79.9. The van der Waals surface area contributed by atoms with E-state index in [2.05, 4.69) is 21.0 Å². The number of halogens is 3. The molecule has 3 rings (SSSR count). The zero-order valence-electron chi connectivity index (χ0n) is 12.2. The quantitative estimate of drug-likeness (QED) is 0.598. The molecule has 7 heteroatoms. The lowest BCUT2D eigenvalue weighted by atomic mass is 10.2. The third-order valence-corrected chi connectivity index (χ3v) is 4.39. The van der Waals surface area contributed by atoms with Crippen molar-refractivity contribution in [3.63, 3.8) is 0 Å². The molecule has 4 nitrogen and oxygen atoms in total. The van der Waals surface area contributed by atoms with Crippen LogP contribution >= 0.6 is 39.1 Å². The van der Waals surface area contributed by atoms with Crippen molar-refractivity contribution in [1.29, 1.82) is 0 Å². The average molecular weight is 426 g/mol. The fourth-order valence-electron chi connectivity index (χ4n) is 2.03. The standard InChI is InChI=1S/C17H11BrCl2N2O2/c18-12-3-7-14(8-4-12)22-17(23)16(20)15(9-21-22)24-10-11-1-5-13(19)6-2-11/h1-9H,10H2. The largest absolute Gasteiger partial charge is 0.485 e. The Labute approximate surface area is 156 Å². The smallest absolute Gasteiger partial charge is 0.294 e. The molecule has 0 fully saturated rings. The van der Waals surface area contributed by atoms with E-state index in [1.807, 2.05) is 24.3 Å². The maximum atomic E-state index is 12.4. The van der Waals surface area contributed by atoms with E-state index >= 15 is 0 Å². The predicted molar refractivity (Wildman–Crippen MR) is 98.3 cm³/mol. The zero-order chi connectivity index (χ0) is 17.1. The molecule has 0 aliphatic rings. The van der Waals surface area contributed by atoms with Gasteiger partial charge in [0, 0.05) is 9.50 Å². The van der Waals surface area contributed by atoms with Gasteiger partial charge in [-0.2, -0.15) is 9.78 Å². The number of aromatic nitrogens is 2. The lowest BCUT2D eigenvalue weighted by molar-refractivity contribution is 0.303. The van der Waals surface area contributed by atoms with E-state index in [0.717, 1.165) is 10.0 Å². The Balaban J connectivity index is 1.83. The molecule has 0 spiro atoms. The van der Waals surface area contributed by atoms with Gasteiger partial charge in [-0.3, -0.25) is 4.79 Å². The second-order valence-electron chi connectivity index (χ2n) is 4.93. The van der Waals surface area contributed by atoms with Gasteiger partial charge in [-0.05, 0) is 42.0 Å². The highest BCUT2D eigenvalue weighted by Gasteiger charge is 2.12. The first-order valence-corrected chi connectivity index (χ1v) is 8.50. The van der Waals surface area contributed by atoms with Gasteiger partial charge >= 0.3 is 0 Å². The second-order valence-corrected chi connectivity index (χ2v) is 6.66. The molecular formula is C17H11BrCl2N2O2. The third-order valence-electron chi connectivity index (χ3n) is 3.27. The summed E-state index contributed by atoms with van der Waals surface area (Å²) in [7, 11) is 0.